The summed E-state index contributed by atoms with van der Waals surface area (Å²) in [6.07, 6.45) is 3.69. The minimum atomic E-state index is -0.248. The zero-order chi connectivity index (χ0) is 12.8. The Morgan fingerprint density at radius 2 is 2.12 bits per heavy atom. The van der Waals surface area contributed by atoms with Gasteiger partial charge >= 0.3 is 5.97 Å². The fraction of sp³-hybridized carbons (Fsp3) is 0.786. The lowest BCUT2D eigenvalue weighted by molar-refractivity contribution is -0.138. The Labute approximate surface area is 105 Å². The number of rotatable bonds is 8. The second kappa shape index (κ2) is 6.80. The molecule has 0 saturated heterocycles. The highest BCUT2D eigenvalue weighted by Gasteiger charge is 2.29. The van der Waals surface area contributed by atoms with E-state index in [0.29, 0.717) is 30.7 Å². The second-order valence-electron chi connectivity index (χ2n) is 5.21. The van der Waals surface area contributed by atoms with Gasteiger partial charge in [-0.05, 0) is 38.6 Å². The van der Waals surface area contributed by atoms with Crippen LogP contribution in [0, 0.1) is 5.92 Å². The molecule has 1 rings (SSSR count). The van der Waals surface area contributed by atoms with Gasteiger partial charge in [-0.2, -0.15) is 0 Å². The van der Waals surface area contributed by atoms with Crippen molar-refractivity contribution < 1.29 is 9.53 Å². The lowest BCUT2D eigenvalue weighted by atomic mass is 10.1. The van der Waals surface area contributed by atoms with Crippen LogP contribution in [-0.4, -0.2) is 36.6 Å². The van der Waals surface area contributed by atoms with Gasteiger partial charge in [-0.1, -0.05) is 20.4 Å². The van der Waals surface area contributed by atoms with Crippen molar-refractivity contribution in [3.05, 3.63) is 12.2 Å². The van der Waals surface area contributed by atoms with Gasteiger partial charge in [-0.15, -0.1) is 0 Å². The zero-order valence-electron chi connectivity index (χ0n) is 11.4. The molecule has 0 unspecified atom stereocenters. The van der Waals surface area contributed by atoms with E-state index in [9.17, 15) is 4.79 Å². The molecule has 1 aliphatic carbocycles. The Morgan fingerprint density at radius 1 is 1.47 bits per heavy atom. The quantitative estimate of drug-likeness (QED) is 0.482. The minimum Gasteiger partial charge on any atom is -0.463 e. The predicted molar refractivity (Wildman–Crippen MR) is 69.8 cm³/mol. The summed E-state index contributed by atoms with van der Waals surface area (Å²) >= 11 is 0. The number of ether oxygens (including phenoxy) is 1. The standard InChI is InChI=1S/C14H25NO2/c1-5-17-14(16)12(4)10-15(13-6-7-13)9-8-11(2)3/h11,13H,4-10H2,1-3H3. The Hall–Kier alpha value is -0.830. The van der Waals surface area contributed by atoms with Crippen LogP contribution in [0.3, 0.4) is 0 Å². The van der Waals surface area contributed by atoms with Crippen LogP contribution in [0.5, 0.6) is 0 Å². The molecule has 1 aliphatic rings. The lowest BCUT2D eigenvalue weighted by Gasteiger charge is -2.23. The molecule has 3 nitrogen and oxygen atoms in total. The van der Waals surface area contributed by atoms with Crippen molar-refractivity contribution in [2.45, 2.75) is 46.1 Å². The summed E-state index contributed by atoms with van der Waals surface area (Å²) in [5, 5.41) is 0. The van der Waals surface area contributed by atoms with Gasteiger partial charge in [-0.25, -0.2) is 4.79 Å². The molecule has 0 spiro atoms. The molecule has 0 radical (unpaired) electrons. The van der Waals surface area contributed by atoms with E-state index in [0.717, 1.165) is 6.54 Å². The topological polar surface area (TPSA) is 29.5 Å². The minimum absolute atomic E-state index is 0.248. The third-order valence-electron chi connectivity index (χ3n) is 3.01. The molecule has 0 aromatic heterocycles. The van der Waals surface area contributed by atoms with Crippen molar-refractivity contribution in [2.75, 3.05) is 19.7 Å². The third kappa shape index (κ3) is 5.35. The number of hydrogen-bond donors (Lipinski definition) is 0. The van der Waals surface area contributed by atoms with Crippen LogP contribution in [0.1, 0.15) is 40.0 Å². The fourth-order valence-electron chi connectivity index (χ4n) is 1.80. The summed E-state index contributed by atoms with van der Waals surface area (Å²) in [7, 11) is 0. The summed E-state index contributed by atoms with van der Waals surface area (Å²) in [4.78, 5) is 13.9. The van der Waals surface area contributed by atoms with Gasteiger partial charge in [0.25, 0.3) is 0 Å². The van der Waals surface area contributed by atoms with Crippen LogP contribution in [0.25, 0.3) is 0 Å². The largest absolute Gasteiger partial charge is 0.463 e. The van der Waals surface area contributed by atoms with Gasteiger partial charge in [-0.3, -0.25) is 4.90 Å². The predicted octanol–water partition coefficient (Wildman–Crippen LogP) is 2.62. The van der Waals surface area contributed by atoms with Crippen molar-refractivity contribution in [1.29, 1.82) is 0 Å². The van der Waals surface area contributed by atoms with Crippen LogP contribution < -0.4 is 0 Å². The van der Waals surface area contributed by atoms with Crippen LogP contribution in [0.4, 0.5) is 0 Å². The maximum Gasteiger partial charge on any atom is 0.334 e. The summed E-state index contributed by atoms with van der Waals surface area (Å²) in [6.45, 7) is 12.3. The second-order valence-corrected chi connectivity index (χ2v) is 5.21. The number of esters is 1. The van der Waals surface area contributed by atoms with E-state index >= 15 is 0 Å². The maximum atomic E-state index is 11.5. The third-order valence-corrected chi connectivity index (χ3v) is 3.01. The number of carbonyl (C=O) groups excluding carboxylic acids is 1. The molecule has 0 bridgehead atoms. The van der Waals surface area contributed by atoms with E-state index in [1.54, 1.807) is 0 Å². The van der Waals surface area contributed by atoms with Crippen molar-refractivity contribution in [2.24, 2.45) is 5.92 Å². The molecule has 0 N–H and O–H groups in total. The van der Waals surface area contributed by atoms with Gasteiger partial charge in [0.1, 0.15) is 0 Å². The summed E-state index contributed by atoms with van der Waals surface area (Å²) in [5.41, 5.74) is 0.586. The normalized spacial score (nSPS) is 15.4. The molecule has 98 valence electrons. The van der Waals surface area contributed by atoms with Crippen molar-refractivity contribution in [1.82, 2.24) is 4.90 Å². The molecule has 0 aliphatic heterocycles. The first-order chi connectivity index (χ1) is 8.04. The molecule has 3 heteroatoms. The molecular weight excluding hydrogens is 214 g/mol. The summed E-state index contributed by atoms with van der Waals surface area (Å²) in [5.74, 6) is 0.454. The van der Waals surface area contributed by atoms with Crippen molar-refractivity contribution >= 4 is 5.97 Å². The first-order valence-corrected chi connectivity index (χ1v) is 6.63. The number of carbonyl (C=O) groups is 1. The smallest absolute Gasteiger partial charge is 0.334 e. The first-order valence-electron chi connectivity index (χ1n) is 6.63. The molecule has 0 aromatic rings. The SMILES string of the molecule is C=C(CN(CCC(C)C)C1CC1)C(=O)OCC. The molecule has 17 heavy (non-hydrogen) atoms. The molecular formula is C14H25NO2. The highest BCUT2D eigenvalue weighted by molar-refractivity contribution is 5.88. The first kappa shape index (κ1) is 14.2. The molecule has 0 amide bonds. The molecule has 1 fully saturated rings. The summed E-state index contributed by atoms with van der Waals surface area (Å²) in [6, 6.07) is 0.667. The zero-order valence-corrected chi connectivity index (χ0v) is 11.4. The fourth-order valence-corrected chi connectivity index (χ4v) is 1.80. The lowest BCUT2D eigenvalue weighted by Crippen LogP contribution is -2.32. The van der Waals surface area contributed by atoms with Crippen LogP contribution >= 0.6 is 0 Å². The van der Waals surface area contributed by atoms with Crippen molar-refractivity contribution in [3.63, 3.8) is 0 Å². The van der Waals surface area contributed by atoms with E-state index in [-0.39, 0.29) is 5.97 Å². The van der Waals surface area contributed by atoms with Gasteiger partial charge in [0.2, 0.25) is 0 Å². The van der Waals surface area contributed by atoms with Gasteiger partial charge in [0.15, 0.2) is 0 Å². The van der Waals surface area contributed by atoms with E-state index in [2.05, 4.69) is 25.3 Å². The van der Waals surface area contributed by atoms with E-state index in [1.165, 1.54) is 19.3 Å². The Balaban J connectivity index is 2.38. The summed E-state index contributed by atoms with van der Waals surface area (Å²) < 4.78 is 4.97. The average molecular weight is 239 g/mol. The highest BCUT2D eigenvalue weighted by atomic mass is 16.5. The maximum absolute atomic E-state index is 11.5. The molecule has 0 heterocycles. The van der Waals surface area contributed by atoms with E-state index in [4.69, 9.17) is 4.74 Å². The number of hydrogen-bond acceptors (Lipinski definition) is 3. The van der Waals surface area contributed by atoms with Gasteiger partial charge in [0, 0.05) is 18.2 Å². The highest BCUT2D eigenvalue weighted by Crippen LogP contribution is 2.28. The average Bonchev–Trinajstić information content (AvgIpc) is 3.07. The van der Waals surface area contributed by atoms with Crippen LogP contribution in [-0.2, 0) is 9.53 Å². The Kier molecular flexibility index (Phi) is 5.69. The Morgan fingerprint density at radius 3 is 2.59 bits per heavy atom. The van der Waals surface area contributed by atoms with E-state index in [1.807, 2.05) is 6.92 Å². The van der Waals surface area contributed by atoms with Crippen LogP contribution in [0.2, 0.25) is 0 Å². The van der Waals surface area contributed by atoms with Gasteiger partial charge in [0.05, 0.1) is 6.61 Å². The van der Waals surface area contributed by atoms with E-state index < -0.39 is 0 Å². The molecule has 1 saturated carbocycles. The molecule has 0 atom stereocenters. The Bertz CT molecular complexity index is 269. The van der Waals surface area contributed by atoms with Crippen molar-refractivity contribution in [3.8, 4) is 0 Å². The molecule has 0 aromatic carbocycles. The number of nitrogens with zero attached hydrogens (tertiary/aromatic N) is 1. The van der Waals surface area contributed by atoms with Gasteiger partial charge < -0.3 is 4.74 Å². The monoisotopic (exact) mass is 239 g/mol. The van der Waals surface area contributed by atoms with Crippen LogP contribution in [0.15, 0.2) is 12.2 Å².